The van der Waals surface area contributed by atoms with Gasteiger partial charge in [0.2, 0.25) is 0 Å². The molecule has 0 unspecified atom stereocenters. The number of piperazine rings is 1. The Morgan fingerprint density at radius 3 is 2.10 bits per heavy atom. The Kier molecular flexibility index (Phi) is 2.61. The predicted molar refractivity (Wildman–Crippen MR) is 47.5 cm³/mol. The number of nitrogens with one attached hydrogen (secondary N) is 1. The van der Waals surface area contributed by atoms with Gasteiger partial charge in [0, 0.05) is 26.2 Å². The molecule has 0 radical (unpaired) electrons. The molecule has 2 nitrogen and oxygen atoms in total. The van der Waals surface area contributed by atoms with E-state index in [9.17, 15) is 0 Å². The predicted octanol–water partition coefficient (Wildman–Crippen LogP) is 0.557. The number of hydrogen-bond donors (Lipinski definition) is 2. The van der Waals surface area contributed by atoms with Crippen molar-refractivity contribution in [2.24, 2.45) is 0 Å². The minimum atomic E-state index is 0.0576. The van der Waals surface area contributed by atoms with Crippen molar-refractivity contribution in [2.45, 2.75) is 18.7 Å². The zero-order valence-electron chi connectivity index (χ0n) is 6.72. The molecule has 60 valence electrons. The SMILES string of the molecule is CC(C)(S)N1CCNCC1. The number of hydrogen-bond acceptors (Lipinski definition) is 3. The van der Waals surface area contributed by atoms with E-state index in [4.69, 9.17) is 0 Å². The van der Waals surface area contributed by atoms with E-state index in [2.05, 4.69) is 36.7 Å². The molecule has 10 heavy (non-hydrogen) atoms. The van der Waals surface area contributed by atoms with Crippen molar-refractivity contribution in [3.8, 4) is 0 Å². The van der Waals surface area contributed by atoms with Crippen LogP contribution in [-0.2, 0) is 0 Å². The molecule has 1 fully saturated rings. The van der Waals surface area contributed by atoms with Crippen molar-refractivity contribution in [3.05, 3.63) is 0 Å². The van der Waals surface area contributed by atoms with Crippen LogP contribution >= 0.6 is 12.6 Å². The molecule has 1 N–H and O–H groups in total. The van der Waals surface area contributed by atoms with Gasteiger partial charge in [-0.2, -0.15) is 12.6 Å². The van der Waals surface area contributed by atoms with E-state index in [-0.39, 0.29) is 4.87 Å². The smallest absolute Gasteiger partial charge is 0.0584 e. The third kappa shape index (κ3) is 2.15. The van der Waals surface area contributed by atoms with E-state index in [1.807, 2.05) is 0 Å². The minimum absolute atomic E-state index is 0.0576. The maximum Gasteiger partial charge on any atom is 0.0584 e. The van der Waals surface area contributed by atoms with E-state index in [1.54, 1.807) is 0 Å². The maximum absolute atomic E-state index is 4.50. The lowest BCUT2D eigenvalue weighted by molar-refractivity contribution is 0.174. The highest BCUT2D eigenvalue weighted by molar-refractivity contribution is 7.81. The fraction of sp³-hybridized carbons (Fsp3) is 1.00. The molecule has 3 heteroatoms. The summed E-state index contributed by atoms with van der Waals surface area (Å²) in [5.74, 6) is 0. The molecule has 1 saturated heterocycles. The molecule has 0 bridgehead atoms. The molecule has 1 heterocycles. The van der Waals surface area contributed by atoms with Crippen LogP contribution in [0.1, 0.15) is 13.8 Å². The van der Waals surface area contributed by atoms with Gasteiger partial charge in [-0.15, -0.1) is 0 Å². The molecular formula is C7H16N2S. The lowest BCUT2D eigenvalue weighted by Crippen LogP contribution is -2.50. The fourth-order valence-corrected chi connectivity index (χ4v) is 1.41. The Labute approximate surface area is 68.4 Å². The van der Waals surface area contributed by atoms with Crippen molar-refractivity contribution in [2.75, 3.05) is 26.2 Å². The molecule has 1 aliphatic rings. The van der Waals surface area contributed by atoms with E-state index >= 15 is 0 Å². The van der Waals surface area contributed by atoms with Gasteiger partial charge in [0.1, 0.15) is 0 Å². The summed E-state index contributed by atoms with van der Waals surface area (Å²) in [4.78, 5) is 2.44. The van der Waals surface area contributed by atoms with E-state index in [0.29, 0.717) is 0 Å². The number of nitrogens with zero attached hydrogens (tertiary/aromatic N) is 1. The molecule has 0 aromatic rings. The first-order valence-corrected chi connectivity index (χ1v) is 4.23. The summed E-state index contributed by atoms with van der Waals surface area (Å²) in [5, 5.41) is 3.31. The zero-order chi connectivity index (χ0) is 7.61. The topological polar surface area (TPSA) is 15.3 Å². The molecule has 1 aliphatic heterocycles. The molecule has 0 aromatic heterocycles. The van der Waals surface area contributed by atoms with Gasteiger partial charge in [0.15, 0.2) is 0 Å². The van der Waals surface area contributed by atoms with Crippen molar-refractivity contribution in [1.82, 2.24) is 10.2 Å². The second-order valence-corrected chi connectivity index (χ2v) is 4.33. The van der Waals surface area contributed by atoms with Crippen LogP contribution in [-0.4, -0.2) is 35.9 Å². The van der Waals surface area contributed by atoms with Crippen molar-refractivity contribution < 1.29 is 0 Å². The molecular weight excluding hydrogens is 144 g/mol. The van der Waals surface area contributed by atoms with Gasteiger partial charge < -0.3 is 5.32 Å². The number of thiol groups is 1. The van der Waals surface area contributed by atoms with Crippen LogP contribution in [0.2, 0.25) is 0 Å². The molecule has 0 saturated carbocycles. The van der Waals surface area contributed by atoms with E-state index in [1.165, 1.54) is 0 Å². The third-order valence-corrected chi connectivity index (χ3v) is 2.17. The third-order valence-electron chi connectivity index (χ3n) is 1.89. The van der Waals surface area contributed by atoms with Crippen molar-refractivity contribution in [3.63, 3.8) is 0 Å². The summed E-state index contributed by atoms with van der Waals surface area (Å²) >= 11 is 4.50. The largest absolute Gasteiger partial charge is 0.314 e. The summed E-state index contributed by atoms with van der Waals surface area (Å²) in [5.41, 5.74) is 0. The van der Waals surface area contributed by atoms with Gasteiger partial charge >= 0.3 is 0 Å². The summed E-state index contributed by atoms with van der Waals surface area (Å²) in [6, 6.07) is 0. The summed E-state index contributed by atoms with van der Waals surface area (Å²) in [7, 11) is 0. The fourth-order valence-electron chi connectivity index (χ4n) is 1.21. The normalized spacial score (nSPS) is 23.1. The van der Waals surface area contributed by atoms with Gasteiger partial charge in [0.05, 0.1) is 4.87 Å². The standard InChI is InChI=1S/C7H16N2S/c1-7(2,10)9-5-3-8-4-6-9/h8,10H,3-6H2,1-2H3. The molecule has 0 atom stereocenters. The Morgan fingerprint density at radius 2 is 1.80 bits per heavy atom. The highest BCUT2D eigenvalue weighted by Gasteiger charge is 2.22. The second kappa shape index (κ2) is 3.11. The van der Waals surface area contributed by atoms with Gasteiger partial charge in [0.25, 0.3) is 0 Å². The summed E-state index contributed by atoms with van der Waals surface area (Å²) in [6.45, 7) is 8.73. The van der Waals surface area contributed by atoms with Crippen LogP contribution < -0.4 is 5.32 Å². The molecule has 0 amide bonds. The molecule has 1 rings (SSSR count). The van der Waals surface area contributed by atoms with Crippen LogP contribution in [0.3, 0.4) is 0 Å². The first-order chi connectivity index (χ1) is 4.61. The second-order valence-electron chi connectivity index (χ2n) is 3.23. The van der Waals surface area contributed by atoms with E-state index in [0.717, 1.165) is 26.2 Å². The lowest BCUT2D eigenvalue weighted by atomic mass is 10.2. The van der Waals surface area contributed by atoms with Crippen LogP contribution in [0.5, 0.6) is 0 Å². The van der Waals surface area contributed by atoms with Crippen LogP contribution in [0.15, 0.2) is 0 Å². The monoisotopic (exact) mass is 160 g/mol. The highest BCUT2D eigenvalue weighted by atomic mass is 32.1. The number of rotatable bonds is 1. The average Bonchev–Trinajstić information content (AvgIpc) is 1.88. The first kappa shape index (κ1) is 8.37. The van der Waals surface area contributed by atoms with Gasteiger partial charge in [-0.1, -0.05) is 0 Å². The zero-order valence-corrected chi connectivity index (χ0v) is 7.62. The quantitative estimate of drug-likeness (QED) is 0.545. The first-order valence-electron chi connectivity index (χ1n) is 3.79. The Hall–Kier alpha value is 0.270. The molecule has 0 aromatic carbocycles. The van der Waals surface area contributed by atoms with Gasteiger partial charge in [-0.3, -0.25) is 4.90 Å². The minimum Gasteiger partial charge on any atom is -0.314 e. The highest BCUT2D eigenvalue weighted by Crippen LogP contribution is 2.18. The molecule has 0 aliphatic carbocycles. The Morgan fingerprint density at radius 1 is 1.30 bits per heavy atom. The Balaban J connectivity index is 2.39. The van der Waals surface area contributed by atoms with Crippen LogP contribution in [0.4, 0.5) is 0 Å². The van der Waals surface area contributed by atoms with Crippen LogP contribution in [0.25, 0.3) is 0 Å². The van der Waals surface area contributed by atoms with Crippen molar-refractivity contribution >= 4 is 12.6 Å². The average molecular weight is 160 g/mol. The molecule has 0 spiro atoms. The van der Waals surface area contributed by atoms with Crippen LogP contribution in [0, 0.1) is 0 Å². The maximum atomic E-state index is 4.50. The summed E-state index contributed by atoms with van der Waals surface area (Å²) < 4.78 is 0. The van der Waals surface area contributed by atoms with E-state index < -0.39 is 0 Å². The summed E-state index contributed by atoms with van der Waals surface area (Å²) in [6.07, 6.45) is 0. The Bertz CT molecular complexity index is 103. The van der Waals surface area contributed by atoms with Gasteiger partial charge in [-0.25, -0.2) is 0 Å². The van der Waals surface area contributed by atoms with Gasteiger partial charge in [-0.05, 0) is 13.8 Å². The lowest BCUT2D eigenvalue weighted by Gasteiger charge is -2.37. The van der Waals surface area contributed by atoms with Crippen molar-refractivity contribution in [1.29, 1.82) is 0 Å².